The van der Waals surface area contributed by atoms with Crippen LogP contribution in [-0.2, 0) is 6.54 Å². The molecule has 4 N–H and O–H groups in total. The number of unbranched alkanes of at least 4 members (excludes halogenated alkanes) is 1. The lowest BCUT2D eigenvalue weighted by Crippen LogP contribution is -2.29. The molecular formula is C13H23N3O2S. The van der Waals surface area contributed by atoms with Crippen LogP contribution in [0.4, 0.5) is 0 Å². The summed E-state index contributed by atoms with van der Waals surface area (Å²) >= 11 is 1.45. The smallest absolute Gasteiger partial charge is 0.275 e. The van der Waals surface area contributed by atoms with Crippen molar-refractivity contribution in [3.8, 4) is 0 Å². The first-order valence-electron chi connectivity index (χ1n) is 6.55. The van der Waals surface area contributed by atoms with Crippen LogP contribution in [0.15, 0.2) is 6.07 Å². The maximum absolute atomic E-state index is 11.5. The van der Waals surface area contributed by atoms with E-state index in [1.807, 2.05) is 13.0 Å². The van der Waals surface area contributed by atoms with Gasteiger partial charge in [-0.1, -0.05) is 13.3 Å². The summed E-state index contributed by atoms with van der Waals surface area (Å²) in [5, 5.41) is 9.10. The normalized spacial score (nSPS) is 11.0. The number of hydrogen-bond acceptors (Lipinski definition) is 5. The molecule has 0 radical (unpaired) electrons. The second kappa shape index (κ2) is 8.27. The second-order valence-corrected chi connectivity index (χ2v) is 5.78. The average molecular weight is 285 g/mol. The fourth-order valence-corrected chi connectivity index (χ4v) is 2.83. The van der Waals surface area contributed by atoms with Gasteiger partial charge in [-0.3, -0.25) is 15.1 Å². The first-order chi connectivity index (χ1) is 9.12. The summed E-state index contributed by atoms with van der Waals surface area (Å²) in [6, 6.07) is 1.89. The second-order valence-electron chi connectivity index (χ2n) is 4.52. The standard InChI is InChI=1S/C13H23N3O2S/c1-3-4-5-16(6-7-17)9-11-8-12(13(18)15-14)19-10(11)2/h8,17H,3-7,9,14H2,1-2H3,(H,15,18). The van der Waals surface area contributed by atoms with Crippen molar-refractivity contribution < 1.29 is 9.90 Å². The molecule has 0 fully saturated rings. The van der Waals surface area contributed by atoms with Crippen LogP contribution < -0.4 is 11.3 Å². The van der Waals surface area contributed by atoms with E-state index in [4.69, 9.17) is 10.9 Å². The Morgan fingerprint density at radius 3 is 2.84 bits per heavy atom. The van der Waals surface area contributed by atoms with Crippen molar-refractivity contribution in [2.24, 2.45) is 5.84 Å². The SMILES string of the molecule is CCCCN(CCO)Cc1cc(C(=O)NN)sc1C. The minimum atomic E-state index is -0.249. The molecule has 0 aliphatic rings. The maximum atomic E-state index is 11.5. The lowest BCUT2D eigenvalue weighted by Gasteiger charge is -2.20. The lowest BCUT2D eigenvalue weighted by atomic mass is 10.2. The van der Waals surface area contributed by atoms with E-state index in [2.05, 4.69) is 17.2 Å². The van der Waals surface area contributed by atoms with E-state index in [-0.39, 0.29) is 12.5 Å². The van der Waals surface area contributed by atoms with Gasteiger partial charge in [0, 0.05) is 18.0 Å². The number of thiophene rings is 1. The van der Waals surface area contributed by atoms with Gasteiger partial charge in [0.15, 0.2) is 0 Å². The predicted octanol–water partition coefficient (Wildman–Crippen LogP) is 1.25. The van der Waals surface area contributed by atoms with Crippen LogP contribution in [0.1, 0.15) is 39.9 Å². The Labute approximate surface area is 118 Å². The van der Waals surface area contributed by atoms with Crippen molar-refractivity contribution in [1.29, 1.82) is 0 Å². The zero-order valence-corrected chi connectivity index (χ0v) is 12.4. The average Bonchev–Trinajstić information content (AvgIpc) is 2.77. The zero-order valence-electron chi connectivity index (χ0n) is 11.6. The molecule has 19 heavy (non-hydrogen) atoms. The van der Waals surface area contributed by atoms with Gasteiger partial charge in [0.05, 0.1) is 11.5 Å². The number of nitrogens with two attached hydrogens (primary N) is 1. The Balaban J connectivity index is 2.72. The fourth-order valence-electron chi connectivity index (χ4n) is 1.89. The van der Waals surface area contributed by atoms with Crippen molar-refractivity contribution in [2.45, 2.75) is 33.2 Å². The third-order valence-electron chi connectivity index (χ3n) is 3.01. The van der Waals surface area contributed by atoms with Crippen LogP contribution >= 0.6 is 11.3 Å². The third kappa shape index (κ3) is 4.91. The Morgan fingerprint density at radius 1 is 1.53 bits per heavy atom. The van der Waals surface area contributed by atoms with E-state index in [9.17, 15) is 4.79 Å². The van der Waals surface area contributed by atoms with E-state index in [0.717, 1.165) is 36.4 Å². The van der Waals surface area contributed by atoms with Crippen molar-refractivity contribution in [3.05, 3.63) is 21.4 Å². The van der Waals surface area contributed by atoms with Gasteiger partial charge >= 0.3 is 0 Å². The number of aliphatic hydroxyl groups excluding tert-OH is 1. The minimum absolute atomic E-state index is 0.156. The number of nitrogen functional groups attached to an aromatic ring is 1. The van der Waals surface area contributed by atoms with Gasteiger partial charge < -0.3 is 5.11 Å². The minimum Gasteiger partial charge on any atom is -0.395 e. The molecule has 1 aromatic heterocycles. The summed E-state index contributed by atoms with van der Waals surface area (Å²) in [5.41, 5.74) is 3.29. The monoisotopic (exact) mass is 285 g/mol. The highest BCUT2D eigenvalue weighted by molar-refractivity contribution is 7.14. The van der Waals surface area contributed by atoms with E-state index < -0.39 is 0 Å². The summed E-state index contributed by atoms with van der Waals surface area (Å²) in [7, 11) is 0. The maximum Gasteiger partial charge on any atom is 0.275 e. The van der Waals surface area contributed by atoms with Gasteiger partial charge in [-0.15, -0.1) is 11.3 Å². The molecule has 0 spiro atoms. The van der Waals surface area contributed by atoms with E-state index in [1.54, 1.807) is 0 Å². The van der Waals surface area contributed by atoms with Gasteiger partial charge in [0.25, 0.3) is 5.91 Å². The van der Waals surface area contributed by atoms with Gasteiger partial charge in [-0.2, -0.15) is 0 Å². The van der Waals surface area contributed by atoms with E-state index in [0.29, 0.717) is 11.4 Å². The number of hydrazine groups is 1. The first-order valence-corrected chi connectivity index (χ1v) is 7.37. The van der Waals surface area contributed by atoms with Crippen LogP contribution in [0.2, 0.25) is 0 Å². The number of aliphatic hydroxyl groups is 1. The van der Waals surface area contributed by atoms with Crippen LogP contribution in [0.25, 0.3) is 0 Å². The molecule has 1 heterocycles. The Morgan fingerprint density at radius 2 is 2.26 bits per heavy atom. The molecule has 1 amide bonds. The zero-order chi connectivity index (χ0) is 14.3. The molecule has 0 atom stereocenters. The summed E-state index contributed by atoms with van der Waals surface area (Å²) in [6.07, 6.45) is 2.24. The molecule has 0 aromatic carbocycles. The number of carbonyl (C=O) groups is 1. The largest absolute Gasteiger partial charge is 0.395 e. The molecule has 1 aromatic rings. The number of amides is 1. The third-order valence-corrected chi connectivity index (χ3v) is 4.11. The Hall–Kier alpha value is -0.950. The van der Waals surface area contributed by atoms with Crippen molar-refractivity contribution in [3.63, 3.8) is 0 Å². The number of nitrogens with one attached hydrogen (secondary N) is 1. The van der Waals surface area contributed by atoms with Crippen molar-refractivity contribution in [1.82, 2.24) is 10.3 Å². The van der Waals surface area contributed by atoms with Crippen molar-refractivity contribution >= 4 is 17.2 Å². The molecule has 0 saturated heterocycles. The molecule has 1 rings (SSSR count). The lowest BCUT2D eigenvalue weighted by molar-refractivity contribution is 0.0957. The van der Waals surface area contributed by atoms with Gasteiger partial charge in [-0.05, 0) is 31.5 Å². The van der Waals surface area contributed by atoms with Crippen LogP contribution in [-0.4, -0.2) is 35.6 Å². The van der Waals surface area contributed by atoms with Crippen LogP contribution in [0.3, 0.4) is 0 Å². The summed E-state index contributed by atoms with van der Waals surface area (Å²) in [6.45, 7) is 6.70. The number of hydrogen-bond donors (Lipinski definition) is 3. The van der Waals surface area contributed by atoms with Gasteiger partial charge in [0.1, 0.15) is 0 Å². The quantitative estimate of drug-likeness (QED) is 0.382. The van der Waals surface area contributed by atoms with Crippen LogP contribution in [0, 0.1) is 6.92 Å². The van der Waals surface area contributed by atoms with Gasteiger partial charge in [-0.25, -0.2) is 5.84 Å². The molecule has 0 unspecified atom stereocenters. The highest BCUT2D eigenvalue weighted by Crippen LogP contribution is 2.23. The highest BCUT2D eigenvalue weighted by Gasteiger charge is 2.13. The first kappa shape index (κ1) is 16.1. The molecule has 0 bridgehead atoms. The van der Waals surface area contributed by atoms with E-state index in [1.165, 1.54) is 11.3 Å². The van der Waals surface area contributed by atoms with Gasteiger partial charge in [0.2, 0.25) is 0 Å². The molecule has 108 valence electrons. The number of rotatable bonds is 8. The molecule has 5 nitrogen and oxygen atoms in total. The summed E-state index contributed by atoms with van der Waals surface area (Å²) < 4.78 is 0. The topological polar surface area (TPSA) is 78.6 Å². The molecule has 0 aliphatic heterocycles. The highest BCUT2D eigenvalue weighted by atomic mass is 32.1. The Kier molecular flexibility index (Phi) is 7.01. The molecular weight excluding hydrogens is 262 g/mol. The predicted molar refractivity (Wildman–Crippen MR) is 78.0 cm³/mol. The number of carbonyl (C=O) groups excluding carboxylic acids is 1. The Bertz CT molecular complexity index is 407. The fraction of sp³-hybridized carbons (Fsp3) is 0.615. The van der Waals surface area contributed by atoms with Crippen molar-refractivity contribution in [2.75, 3.05) is 19.7 Å². The molecule has 6 heteroatoms. The number of aryl methyl sites for hydroxylation is 1. The molecule has 0 saturated carbocycles. The summed E-state index contributed by atoms with van der Waals surface area (Å²) in [4.78, 5) is 15.5. The number of nitrogens with zero attached hydrogens (tertiary/aromatic N) is 1. The summed E-state index contributed by atoms with van der Waals surface area (Å²) in [5.74, 6) is 4.89. The van der Waals surface area contributed by atoms with E-state index >= 15 is 0 Å². The molecule has 0 aliphatic carbocycles. The van der Waals surface area contributed by atoms with Crippen LogP contribution in [0.5, 0.6) is 0 Å².